The molecular weight excluding hydrogens is 391 g/mol. The number of halogens is 1. The second kappa shape index (κ2) is 8.95. The molecule has 1 atom stereocenters. The minimum absolute atomic E-state index is 0.0530. The maximum Gasteiger partial charge on any atom is 0.339 e. The molecule has 0 aliphatic carbocycles. The van der Waals surface area contributed by atoms with Crippen LogP contribution in [0, 0.1) is 22.9 Å². The minimum atomic E-state index is -1.32. The molecule has 8 heteroatoms. The summed E-state index contributed by atoms with van der Waals surface area (Å²) in [5.74, 6) is -2.00. The lowest BCUT2D eigenvalue weighted by Gasteiger charge is -2.18. The van der Waals surface area contributed by atoms with Crippen molar-refractivity contribution in [2.24, 2.45) is 0 Å². The van der Waals surface area contributed by atoms with Gasteiger partial charge in [0.15, 0.2) is 0 Å². The predicted molar refractivity (Wildman–Crippen MR) is 107 cm³/mol. The van der Waals surface area contributed by atoms with E-state index in [0.29, 0.717) is 16.8 Å². The van der Waals surface area contributed by atoms with Crippen molar-refractivity contribution in [3.8, 4) is 0 Å². The zero-order valence-electron chi connectivity index (χ0n) is 15.9. The van der Waals surface area contributed by atoms with Gasteiger partial charge in [-0.3, -0.25) is 14.9 Å². The monoisotopic (exact) mass is 408 g/mol. The maximum atomic E-state index is 13.1. The SMILES string of the molecule is Cc1ccc(C(=O)O[C@@H](C(=O)Nc2ccc(F)cc2)c2ccccc2)cc1[N+](=O)[O-]. The van der Waals surface area contributed by atoms with E-state index in [9.17, 15) is 24.1 Å². The molecule has 0 saturated heterocycles. The fourth-order valence-corrected chi connectivity index (χ4v) is 2.75. The number of anilines is 1. The third kappa shape index (κ3) is 4.85. The van der Waals surface area contributed by atoms with E-state index >= 15 is 0 Å². The molecule has 0 aliphatic heterocycles. The number of aryl methyl sites for hydroxylation is 1. The van der Waals surface area contributed by atoms with Gasteiger partial charge in [0.05, 0.1) is 10.5 Å². The first-order valence-corrected chi connectivity index (χ1v) is 8.92. The van der Waals surface area contributed by atoms with Crippen LogP contribution in [0.1, 0.15) is 27.6 Å². The van der Waals surface area contributed by atoms with E-state index in [1.54, 1.807) is 37.3 Å². The standard InChI is InChI=1S/C22H17FN2O5/c1-14-7-8-16(13-19(14)25(28)29)22(27)30-20(15-5-3-2-4-6-15)21(26)24-18-11-9-17(23)10-12-18/h2-13,20H,1H3,(H,24,26)/t20-/m1/s1. The van der Waals surface area contributed by atoms with Crippen LogP contribution in [0.4, 0.5) is 15.8 Å². The van der Waals surface area contributed by atoms with E-state index in [1.807, 2.05) is 0 Å². The Morgan fingerprint density at radius 3 is 2.33 bits per heavy atom. The number of carbonyl (C=O) groups excluding carboxylic acids is 2. The Kier molecular flexibility index (Phi) is 6.17. The summed E-state index contributed by atoms with van der Waals surface area (Å²) in [6.07, 6.45) is -1.32. The summed E-state index contributed by atoms with van der Waals surface area (Å²) in [7, 11) is 0. The van der Waals surface area contributed by atoms with Crippen LogP contribution in [-0.2, 0) is 9.53 Å². The number of ether oxygens (including phenoxy) is 1. The van der Waals surface area contributed by atoms with Crippen LogP contribution in [0.25, 0.3) is 0 Å². The summed E-state index contributed by atoms with van der Waals surface area (Å²) >= 11 is 0. The van der Waals surface area contributed by atoms with E-state index < -0.39 is 28.7 Å². The van der Waals surface area contributed by atoms with Crippen LogP contribution in [-0.4, -0.2) is 16.8 Å². The number of hydrogen-bond donors (Lipinski definition) is 1. The van der Waals surface area contributed by atoms with E-state index in [2.05, 4.69) is 5.32 Å². The van der Waals surface area contributed by atoms with Crippen molar-refractivity contribution in [3.05, 3.63) is 105 Å². The molecule has 0 radical (unpaired) electrons. The minimum Gasteiger partial charge on any atom is -0.444 e. The molecule has 0 aliphatic rings. The molecule has 7 nitrogen and oxygen atoms in total. The average molecular weight is 408 g/mol. The third-order valence-electron chi connectivity index (χ3n) is 4.32. The van der Waals surface area contributed by atoms with Gasteiger partial charge in [0.1, 0.15) is 5.82 Å². The van der Waals surface area contributed by atoms with Crippen molar-refractivity contribution in [3.63, 3.8) is 0 Å². The third-order valence-corrected chi connectivity index (χ3v) is 4.32. The van der Waals surface area contributed by atoms with Gasteiger partial charge in [-0.1, -0.05) is 36.4 Å². The van der Waals surface area contributed by atoms with Gasteiger partial charge in [-0.2, -0.15) is 0 Å². The van der Waals surface area contributed by atoms with Crippen molar-refractivity contribution in [1.82, 2.24) is 0 Å². The van der Waals surface area contributed by atoms with Crippen molar-refractivity contribution >= 4 is 23.3 Å². The number of carbonyl (C=O) groups is 2. The number of hydrogen-bond acceptors (Lipinski definition) is 5. The Morgan fingerprint density at radius 2 is 1.70 bits per heavy atom. The highest BCUT2D eigenvalue weighted by atomic mass is 19.1. The van der Waals surface area contributed by atoms with Crippen molar-refractivity contribution in [2.75, 3.05) is 5.32 Å². The van der Waals surface area contributed by atoms with E-state index in [4.69, 9.17) is 4.74 Å². The van der Waals surface area contributed by atoms with Crippen LogP contribution >= 0.6 is 0 Å². The van der Waals surface area contributed by atoms with Gasteiger partial charge < -0.3 is 10.1 Å². The summed E-state index contributed by atoms with van der Waals surface area (Å²) in [6, 6.07) is 17.4. The first-order valence-electron chi connectivity index (χ1n) is 8.92. The molecule has 0 saturated carbocycles. The lowest BCUT2D eigenvalue weighted by Crippen LogP contribution is -2.26. The summed E-state index contributed by atoms with van der Waals surface area (Å²) in [5.41, 5.74) is 0.848. The van der Waals surface area contributed by atoms with Crippen LogP contribution in [0.3, 0.4) is 0 Å². The summed E-state index contributed by atoms with van der Waals surface area (Å²) in [5, 5.41) is 13.7. The van der Waals surface area contributed by atoms with Crippen LogP contribution < -0.4 is 5.32 Å². The fourth-order valence-electron chi connectivity index (χ4n) is 2.75. The van der Waals surface area contributed by atoms with Crippen molar-refractivity contribution in [2.45, 2.75) is 13.0 Å². The molecule has 3 rings (SSSR count). The molecule has 0 bridgehead atoms. The Morgan fingerprint density at radius 1 is 1.03 bits per heavy atom. The summed E-state index contributed by atoms with van der Waals surface area (Å²) in [6.45, 7) is 1.55. The Labute approximate surface area is 171 Å². The quantitative estimate of drug-likeness (QED) is 0.366. The number of nitrogens with one attached hydrogen (secondary N) is 1. The molecule has 152 valence electrons. The van der Waals surface area contributed by atoms with Crippen LogP contribution in [0.5, 0.6) is 0 Å². The van der Waals surface area contributed by atoms with Gasteiger partial charge >= 0.3 is 5.97 Å². The number of nitro benzene ring substituents is 1. The first-order chi connectivity index (χ1) is 14.3. The molecule has 0 fully saturated rings. The van der Waals surface area contributed by atoms with Gasteiger partial charge in [-0.25, -0.2) is 9.18 Å². The van der Waals surface area contributed by atoms with Crippen molar-refractivity contribution < 1.29 is 23.6 Å². The van der Waals surface area contributed by atoms with E-state index in [1.165, 1.54) is 36.4 Å². The van der Waals surface area contributed by atoms with Gasteiger partial charge in [0.2, 0.25) is 6.10 Å². The molecule has 3 aromatic rings. The summed E-state index contributed by atoms with van der Waals surface area (Å²) < 4.78 is 18.5. The highest BCUT2D eigenvalue weighted by molar-refractivity contribution is 5.98. The predicted octanol–water partition coefficient (Wildman–Crippen LogP) is 4.58. The van der Waals surface area contributed by atoms with Gasteiger partial charge in [0.25, 0.3) is 11.6 Å². The zero-order valence-corrected chi connectivity index (χ0v) is 15.9. The molecular formula is C22H17FN2O5. The van der Waals surface area contributed by atoms with E-state index in [-0.39, 0.29) is 11.3 Å². The molecule has 0 heterocycles. The molecule has 0 unspecified atom stereocenters. The number of benzene rings is 3. The fraction of sp³-hybridized carbons (Fsp3) is 0.0909. The Hall–Kier alpha value is -4.07. The number of nitro groups is 1. The largest absolute Gasteiger partial charge is 0.444 e. The van der Waals surface area contributed by atoms with E-state index in [0.717, 1.165) is 6.07 Å². The average Bonchev–Trinajstić information content (AvgIpc) is 2.74. The highest BCUT2D eigenvalue weighted by Crippen LogP contribution is 2.24. The second-order valence-electron chi connectivity index (χ2n) is 6.45. The molecule has 30 heavy (non-hydrogen) atoms. The topological polar surface area (TPSA) is 98.5 Å². The lowest BCUT2D eigenvalue weighted by atomic mass is 10.1. The molecule has 0 aromatic heterocycles. The van der Waals surface area contributed by atoms with Crippen LogP contribution in [0.15, 0.2) is 72.8 Å². The Bertz CT molecular complexity index is 1080. The number of amides is 1. The normalized spacial score (nSPS) is 11.4. The van der Waals surface area contributed by atoms with Gasteiger partial charge in [-0.15, -0.1) is 0 Å². The molecule has 1 amide bonds. The number of esters is 1. The molecule has 0 spiro atoms. The number of rotatable bonds is 6. The molecule has 1 N–H and O–H groups in total. The van der Waals surface area contributed by atoms with Gasteiger partial charge in [-0.05, 0) is 37.3 Å². The lowest BCUT2D eigenvalue weighted by molar-refractivity contribution is -0.385. The Balaban J connectivity index is 1.87. The first kappa shape index (κ1) is 20.7. The zero-order chi connectivity index (χ0) is 21.7. The second-order valence-corrected chi connectivity index (χ2v) is 6.45. The van der Waals surface area contributed by atoms with Gasteiger partial charge in [0, 0.05) is 22.9 Å². The van der Waals surface area contributed by atoms with Crippen molar-refractivity contribution in [1.29, 1.82) is 0 Å². The smallest absolute Gasteiger partial charge is 0.339 e. The van der Waals surface area contributed by atoms with Crippen LogP contribution in [0.2, 0.25) is 0 Å². The molecule has 3 aromatic carbocycles. The summed E-state index contributed by atoms with van der Waals surface area (Å²) in [4.78, 5) is 36.0. The maximum absolute atomic E-state index is 13.1. The highest BCUT2D eigenvalue weighted by Gasteiger charge is 2.27. The number of nitrogens with zero attached hydrogens (tertiary/aromatic N) is 1.